The molecular formula is C16H22BrNO3S. The largest absolute Gasteiger partial charge is 0.294 e. The van der Waals surface area contributed by atoms with Crippen LogP contribution in [0.15, 0.2) is 24.3 Å². The van der Waals surface area contributed by atoms with Crippen LogP contribution in [0.25, 0.3) is 0 Å². The van der Waals surface area contributed by atoms with Crippen LogP contribution in [0.1, 0.15) is 29.8 Å². The average Bonchev–Trinajstić information content (AvgIpc) is 2.92. The van der Waals surface area contributed by atoms with Crippen LogP contribution in [0.2, 0.25) is 0 Å². The van der Waals surface area contributed by atoms with Crippen LogP contribution >= 0.6 is 15.9 Å². The van der Waals surface area contributed by atoms with Gasteiger partial charge < -0.3 is 0 Å². The van der Waals surface area contributed by atoms with Gasteiger partial charge in [-0.1, -0.05) is 54.0 Å². The van der Waals surface area contributed by atoms with Gasteiger partial charge in [0.15, 0.2) is 5.78 Å². The van der Waals surface area contributed by atoms with E-state index in [1.54, 1.807) is 0 Å². The molecule has 22 heavy (non-hydrogen) atoms. The minimum Gasteiger partial charge on any atom is -0.294 e. The molecule has 0 aromatic heterocycles. The topological polar surface area (TPSA) is 54.5 Å². The molecule has 0 N–H and O–H groups in total. The fraction of sp³-hybridized carbons (Fsp3) is 0.562. The normalized spacial score (nSPS) is 23.1. The van der Waals surface area contributed by atoms with Crippen molar-refractivity contribution in [1.29, 1.82) is 0 Å². The number of carbonyl (C=O) groups excluding carboxylic acids is 1. The molecule has 0 radical (unpaired) electrons. The highest BCUT2D eigenvalue weighted by Crippen LogP contribution is 2.33. The van der Waals surface area contributed by atoms with Gasteiger partial charge in [0.1, 0.15) is 0 Å². The third-order valence-corrected chi connectivity index (χ3v) is 6.27. The first-order chi connectivity index (χ1) is 10.2. The summed E-state index contributed by atoms with van der Waals surface area (Å²) < 4.78 is 25.0. The van der Waals surface area contributed by atoms with E-state index in [0.717, 1.165) is 10.9 Å². The molecule has 1 heterocycles. The van der Waals surface area contributed by atoms with Crippen LogP contribution in [0.3, 0.4) is 0 Å². The van der Waals surface area contributed by atoms with Gasteiger partial charge >= 0.3 is 0 Å². The van der Waals surface area contributed by atoms with Crippen LogP contribution in [-0.4, -0.2) is 37.9 Å². The Morgan fingerprint density at radius 1 is 1.27 bits per heavy atom. The van der Waals surface area contributed by atoms with Crippen LogP contribution < -0.4 is 0 Å². The monoisotopic (exact) mass is 387 g/mol. The number of hydrogen-bond donors (Lipinski definition) is 0. The van der Waals surface area contributed by atoms with E-state index in [0.29, 0.717) is 18.7 Å². The summed E-state index contributed by atoms with van der Waals surface area (Å²) >= 11 is 3.39. The molecule has 1 aromatic rings. The van der Waals surface area contributed by atoms with E-state index in [4.69, 9.17) is 0 Å². The summed E-state index contributed by atoms with van der Waals surface area (Å²) in [6.07, 6.45) is 1.21. The van der Waals surface area contributed by atoms with Gasteiger partial charge in [0.25, 0.3) is 0 Å². The molecule has 0 amide bonds. The number of ketones is 1. The first-order valence-electron chi connectivity index (χ1n) is 7.38. The Morgan fingerprint density at radius 3 is 2.32 bits per heavy atom. The van der Waals surface area contributed by atoms with Gasteiger partial charge in [-0.15, -0.1) is 0 Å². The van der Waals surface area contributed by atoms with E-state index in [1.807, 2.05) is 38.1 Å². The van der Waals surface area contributed by atoms with Crippen molar-refractivity contribution in [2.75, 3.05) is 19.3 Å². The van der Waals surface area contributed by atoms with Gasteiger partial charge in [0.2, 0.25) is 10.0 Å². The van der Waals surface area contributed by atoms with Gasteiger partial charge in [-0.25, -0.2) is 12.7 Å². The Balaban J connectivity index is 2.25. The quantitative estimate of drug-likeness (QED) is 0.576. The van der Waals surface area contributed by atoms with Crippen molar-refractivity contribution in [1.82, 2.24) is 4.31 Å². The first kappa shape index (κ1) is 17.6. The predicted octanol–water partition coefficient (Wildman–Crippen LogP) is 2.93. The standard InChI is InChI=1S/C16H22BrNO3S/c1-11(2)14-9-18(22(3,20)21)10-15(14)16(19)13-6-4-12(8-17)5-7-13/h4-7,11,14-15H,8-10H2,1-3H3/t14-,15?/m1/s1. The van der Waals surface area contributed by atoms with Gasteiger partial charge in [-0.2, -0.15) is 0 Å². The molecule has 1 fully saturated rings. The molecule has 1 aliphatic heterocycles. The maximum Gasteiger partial charge on any atom is 0.211 e. The SMILES string of the molecule is CC(C)[C@H]1CN(S(C)(=O)=O)CC1C(=O)c1ccc(CBr)cc1. The molecule has 4 nitrogen and oxygen atoms in total. The number of alkyl halides is 1. The Kier molecular flexibility index (Phi) is 5.45. The van der Waals surface area contributed by atoms with E-state index < -0.39 is 10.0 Å². The highest BCUT2D eigenvalue weighted by molar-refractivity contribution is 9.08. The lowest BCUT2D eigenvalue weighted by molar-refractivity contribution is 0.0883. The maximum atomic E-state index is 12.8. The Morgan fingerprint density at radius 2 is 1.86 bits per heavy atom. The zero-order valence-electron chi connectivity index (χ0n) is 13.1. The van der Waals surface area contributed by atoms with E-state index in [-0.39, 0.29) is 23.5 Å². The Labute approximate surface area is 141 Å². The second-order valence-electron chi connectivity index (χ2n) is 6.29. The summed E-state index contributed by atoms with van der Waals surface area (Å²) in [7, 11) is -3.25. The fourth-order valence-corrected chi connectivity index (χ4v) is 4.24. The zero-order valence-corrected chi connectivity index (χ0v) is 15.5. The van der Waals surface area contributed by atoms with Crippen molar-refractivity contribution in [2.24, 2.45) is 17.8 Å². The van der Waals surface area contributed by atoms with E-state index in [9.17, 15) is 13.2 Å². The molecule has 2 atom stereocenters. The van der Waals surface area contributed by atoms with Crippen LogP contribution in [0.4, 0.5) is 0 Å². The van der Waals surface area contributed by atoms with Crippen molar-refractivity contribution in [3.63, 3.8) is 0 Å². The fourth-order valence-electron chi connectivity index (χ4n) is 2.99. The third-order valence-electron chi connectivity index (χ3n) is 4.39. The number of sulfonamides is 1. The van der Waals surface area contributed by atoms with Crippen molar-refractivity contribution >= 4 is 31.7 Å². The van der Waals surface area contributed by atoms with Gasteiger partial charge in [0.05, 0.1) is 6.26 Å². The highest BCUT2D eigenvalue weighted by atomic mass is 79.9. The maximum absolute atomic E-state index is 12.8. The second-order valence-corrected chi connectivity index (χ2v) is 8.83. The summed E-state index contributed by atoms with van der Waals surface area (Å²) in [6, 6.07) is 7.52. The summed E-state index contributed by atoms with van der Waals surface area (Å²) in [5, 5.41) is 0.751. The number of Topliss-reactive ketones (excluding diaryl/α,β-unsaturated/α-hetero) is 1. The van der Waals surface area contributed by atoms with Crippen LogP contribution in [0.5, 0.6) is 0 Å². The summed E-state index contributed by atoms with van der Waals surface area (Å²) in [4.78, 5) is 12.8. The van der Waals surface area contributed by atoms with Gasteiger partial charge in [0, 0.05) is 29.9 Å². The predicted molar refractivity (Wildman–Crippen MR) is 91.6 cm³/mol. The number of halogens is 1. The number of carbonyl (C=O) groups is 1. The van der Waals surface area contributed by atoms with Gasteiger partial charge in [-0.05, 0) is 17.4 Å². The minimum atomic E-state index is -3.25. The molecule has 1 aliphatic rings. The molecule has 122 valence electrons. The lowest BCUT2D eigenvalue weighted by Gasteiger charge is -2.20. The molecule has 1 unspecified atom stereocenters. The van der Waals surface area contributed by atoms with Crippen molar-refractivity contribution in [3.8, 4) is 0 Å². The molecule has 0 spiro atoms. The molecule has 2 rings (SSSR count). The summed E-state index contributed by atoms with van der Waals surface area (Å²) in [5.74, 6) is 0.121. The minimum absolute atomic E-state index is 0.0472. The number of nitrogens with zero attached hydrogens (tertiary/aromatic N) is 1. The lowest BCUT2D eigenvalue weighted by Crippen LogP contribution is -2.28. The van der Waals surface area contributed by atoms with Crippen molar-refractivity contribution < 1.29 is 13.2 Å². The first-order valence-corrected chi connectivity index (χ1v) is 10.3. The van der Waals surface area contributed by atoms with Crippen molar-refractivity contribution in [3.05, 3.63) is 35.4 Å². The third kappa shape index (κ3) is 3.78. The van der Waals surface area contributed by atoms with E-state index >= 15 is 0 Å². The average molecular weight is 388 g/mol. The molecule has 0 aliphatic carbocycles. The molecular weight excluding hydrogens is 366 g/mol. The Hall–Kier alpha value is -0.720. The van der Waals surface area contributed by atoms with Gasteiger partial charge in [-0.3, -0.25) is 4.79 Å². The summed E-state index contributed by atoms with van der Waals surface area (Å²) in [5.41, 5.74) is 1.77. The molecule has 1 aromatic carbocycles. The van der Waals surface area contributed by atoms with Crippen LogP contribution in [0, 0.1) is 17.8 Å². The second kappa shape index (κ2) is 6.81. The zero-order chi connectivity index (χ0) is 16.5. The smallest absolute Gasteiger partial charge is 0.211 e. The molecule has 0 bridgehead atoms. The lowest BCUT2D eigenvalue weighted by atomic mass is 9.81. The van der Waals surface area contributed by atoms with Crippen LogP contribution in [-0.2, 0) is 15.4 Å². The molecule has 0 saturated carbocycles. The molecule has 6 heteroatoms. The summed E-state index contributed by atoms with van der Waals surface area (Å²) in [6.45, 7) is 4.82. The number of rotatable bonds is 5. The highest BCUT2D eigenvalue weighted by Gasteiger charge is 2.42. The number of benzene rings is 1. The Bertz CT molecular complexity index is 640. The van der Waals surface area contributed by atoms with E-state index in [1.165, 1.54) is 10.6 Å². The number of hydrogen-bond acceptors (Lipinski definition) is 3. The van der Waals surface area contributed by atoms with E-state index in [2.05, 4.69) is 15.9 Å². The van der Waals surface area contributed by atoms with Crippen molar-refractivity contribution in [2.45, 2.75) is 19.2 Å². The molecule has 1 saturated heterocycles.